The van der Waals surface area contributed by atoms with Gasteiger partial charge in [-0.05, 0) is 31.0 Å². The fourth-order valence-corrected chi connectivity index (χ4v) is 1.86. The molecule has 0 bridgehead atoms. The van der Waals surface area contributed by atoms with Crippen LogP contribution in [0.5, 0.6) is 0 Å². The standard InChI is InChI=1S/C15H21F2NO3/c1-9(6-7-21-3)15(20)18-10(2)14(19)11-4-5-12(16)13(17)8-11/h4-5,8-10,14,19H,6-7H2,1-3H3,(H,18,20). The third kappa shape index (κ3) is 5.06. The summed E-state index contributed by atoms with van der Waals surface area (Å²) in [6, 6.07) is 2.55. The molecular weight excluding hydrogens is 280 g/mol. The number of hydrogen-bond acceptors (Lipinski definition) is 3. The molecule has 0 aliphatic heterocycles. The molecule has 3 unspecified atom stereocenters. The quantitative estimate of drug-likeness (QED) is 0.811. The highest BCUT2D eigenvalue weighted by Gasteiger charge is 2.22. The van der Waals surface area contributed by atoms with Gasteiger partial charge in [0.15, 0.2) is 11.6 Å². The molecule has 0 aromatic heterocycles. The summed E-state index contributed by atoms with van der Waals surface area (Å²) in [6.07, 6.45) is -0.547. The van der Waals surface area contributed by atoms with Gasteiger partial charge in [0.1, 0.15) is 0 Å². The van der Waals surface area contributed by atoms with Crippen LogP contribution < -0.4 is 5.32 Å². The minimum absolute atomic E-state index is 0.214. The number of amides is 1. The summed E-state index contributed by atoms with van der Waals surface area (Å²) in [7, 11) is 1.56. The van der Waals surface area contributed by atoms with Crippen molar-refractivity contribution in [2.24, 2.45) is 5.92 Å². The number of hydrogen-bond donors (Lipinski definition) is 2. The van der Waals surface area contributed by atoms with Gasteiger partial charge in [-0.25, -0.2) is 8.78 Å². The summed E-state index contributed by atoms with van der Waals surface area (Å²) in [5.74, 6) is -2.49. The highest BCUT2D eigenvalue weighted by atomic mass is 19.2. The molecule has 4 nitrogen and oxygen atoms in total. The second kappa shape index (κ2) is 8.05. The molecule has 118 valence electrons. The number of aliphatic hydroxyl groups excluding tert-OH is 1. The average molecular weight is 301 g/mol. The highest BCUT2D eigenvalue weighted by Crippen LogP contribution is 2.19. The Morgan fingerprint density at radius 3 is 2.57 bits per heavy atom. The Morgan fingerprint density at radius 1 is 1.33 bits per heavy atom. The number of carbonyl (C=O) groups is 1. The van der Waals surface area contributed by atoms with Crippen LogP contribution in [0.1, 0.15) is 31.9 Å². The van der Waals surface area contributed by atoms with E-state index < -0.39 is 23.8 Å². The predicted octanol–water partition coefficient (Wildman–Crippen LogP) is 2.18. The third-order valence-electron chi connectivity index (χ3n) is 3.33. The predicted molar refractivity (Wildman–Crippen MR) is 74.6 cm³/mol. The summed E-state index contributed by atoms with van der Waals surface area (Å²) in [5.41, 5.74) is 0.214. The van der Waals surface area contributed by atoms with Crippen molar-refractivity contribution in [3.8, 4) is 0 Å². The smallest absolute Gasteiger partial charge is 0.223 e. The molecule has 0 heterocycles. The zero-order chi connectivity index (χ0) is 16.0. The van der Waals surface area contributed by atoms with Gasteiger partial charge in [0.05, 0.1) is 12.1 Å². The van der Waals surface area contributed by atoms with Crippen LogP contribution in [0.4, 0.5) is 8.78 Å². The van der Waals surface area contributed by atoms with E-state index in [1.807, 2.05) is 0 Å². The summed E-state index contributed by atoms with van der Waals surface area (Å²) in [4.78, 5) is 11.9. The number of methoxy groups -OCH3 is 1. The van der Waals surface area contributed by atoms with E-state index in [0.29, 0.717) is 13.0 Å². The van der Waals surface area contributed by atoms with E-state index in [9.17, 15) is 18.7 Å². The Bertz CT molecular complexity index is 482. The van der Waals surface area contributed by atoms with Crippen LogP contribution in [0, 0.1) is 17.6 Å². The summed E-state index contributed by atoms with van der Waals surface area (Å²) in [5, 5.41) is 12.7. The van der Waals surface area contributed by atoms with E-state index >= 15 is 0 Å². The Morgan fingerprint density at radius 2 is 2.00 bits per heavy atom. The molecule has 2 N–H and O–H groups in total. The van der Waals surface area contributed by atoms with Crippen LogP contribution in [-0.4, -0.2) is 30.8 Å². The molecule has 1 rings (SSSR count). The van der Waals surface area contributed by atoms with Crippen LogP contribution in [-0.2, 0) is 9.53 Å². The fourth-order valence-electron chi connectivity index (χ4n) is 1.86. The molecule has 6 heteroatoms. The normalized spacial score (nSPS) is 15.3. The number of rotatable bonds is 7. The molecule has 0 fully saturated rings. The number of nitrogens with one attached hydrogen (secondary N) is 1. The second-order valence-electron chi connectivity index (χ2n) is 5.10. The maximum atomic E-state index is 13.1. The molecule has 0 aliphatic rings. The summed E-state index contributed by atoms with van der Waals surface area (Å²) >= 11 is 0. The summed E-state index contributed by atoms with van der Waals surface area (Å²) in [6.45, 7) is 3.83. The van der Waals surface area contributed by atoms with Crippen molar-refractivity contribution >= 4 is 5.91 Å². The van der Waals surface area contributed by atoms with Crippen LogP contribution in [0.2, 0.25) is 0 Å². The fraction of sp³-hybridized carbons (Fsp3) is 0.533. The van der Waals surface area contributed by atoms with Gasteiger partial charge < -0.3 is 15.2 Å². The van der Waals surface area contributed by atoms with Gasteiger partial charge in [0.2, 0.25) is 5.91 Å². The topological polar surface area (TPSA) is 58.6 Å². The monoisotopic (exact) mass is 301 g/mol. The van der Waals surface area contributed by atoms with Crippen LogP contribution in [0.3, 0.4) is 0 Å². The van der Waals surface area contributed by atoms with E-state index in [0.717, 1.165) is 12.1 Å². The van der Waals surface area contributed by atoms with Gasteiger partial charge in [-0.2, -0.15) is 0 Å². The van der Waals surface area contributed by atoms with Crippen LogP contribution >= 0.6 is 0 Å². The maximum absolute atomic E-state index is 13.1. The van der Waals surface area contributed by atoms with E-state index in [2.05, 4.69) is 5.32 Å². The molecule has 3 atom stereocenters. The lowest BCUT2D eigenvalue weighted by Crippen LogP contribution is -2.40. The molecule has 1 amide bonds. The SMILES string of the molecule is COCCC(C)C(=O)NC(C)C(O)c1ccc(F)c(F)c1. The van der Waals surface area contributed by atoms with Gasteiger partial charge in [0, 0.05) is 19.6 Å². The number of benzene rings is 1. The molecule has 0 spiro atoms. The maximum Gasteiger partial charge on any atom is 0.223 e. The third-order valence-corrected chi connectivity index (χ3v) is 3.33. The lowest BCUT2D eigenvalue weighted by molar-refractivity contribution is -0.126. The molecule has 0 aliphatic carbocycles. The molecule has 0 saturated carbocycles. The van der Waals surface area contributed by atoms with Crippen LogP contribution in [0.25, 0.3) is 0 Å². The number of halogens is 2. The van der Waals surface area contributed by atoms with E-state index in [1.54, 1.807) is 21.0 Å². The van der Waals surface area contributed by atoms with Crippen molar-refractivity contribution < 1.29 is 23.4 Å². The van der Waals surface area contributed by atoms with E-state index in [-0.39, 0.29) is 17.4 Å². The Hall–Kier alpha value is -1.53. The Balaban J connectivity index is 2.63. The summed E-state index contributed by atoms with van der Waals surface area (Å²) < 4.78 is 30.9. The molecule has 0 radical (unpaired) electrons. The molecular formula is C15H21F2NO3. The van der Waals surface area contributed by atoms with Gasteiger partial charge >= 0.3 is 0 Å². The van der Waals surface area contributed by atoms with Gasteiger partial charge in [-0.1, -0.05) is 13.0 Å². The van der Waals surface area contributed by atoms with E-state index in [1.165, 1.54) is 6.07 Å². The largest absolute Gasteiger partial charge is 0.386 e. The Kier molecular flexibility index (Phi) is 6.71. The molecule has 21 heavy (non-hydrogen) atoms. The number of carbonyl (C=O) groups excluding carboxylic acids is 1. The first-order valence-corrected chi connectivity index (χ1v) is 6.79. The van der Waals surface area contributed by atoms with Crippen LogP contribution in [0.15, 0.2) is 18.2 Å². The first-order chi connectivity index (χ1) is 9.86. The van der Waals surface area contributed by atoms with Crippen molar-refractivity contribution in [1.82, 2.24) is 5.32 Å². The molecule has 1 aromatic carbocycles. The number of ether oxygens (including phenoxy) is 1. The van der Waals surface area contributed by atoms with Crippen molar-refractivity contribution in [3.63, 3.8) is 0 Å². The van der Waals surface area contributed by atoms with Gasteiger partial charge in [-0.3, -0.25) is 4.79 Å². The first-order valence-electron chi connectivity index (χ1n) is 6.79. The van der Waals surface area contributed by atoms with Crippen molar-refractivity contribution in [2.75, 3.05) is 13.7 Å². The lowest BCUT2D eigenvalue weighted by atomic mass is 10.0. The average Bonchev–Trinajstić information content (AvgIpc) is 2.46. The Labute approximate surface area is 123 Å². The number of aliphatic hydroxyl groups is 1. The minimum atomic E-state index is -1.11. The second-order valence-corrected chi connectivity index (χ2v) is 5.10. The lowest BCUT2D eigenvalue weighted by Gasteiger charge is -2.22. The van der Waals surface area contributed by atoms with Gasteiger partial charge in [-0.15, -0.1) is 0 Å². The molecule has 0 saturated heterocycles. The van der Waals surface area contributed by atoms with Crippen molar-refractivity contribution in [3.05, 3.63) is 35.4 Å². The first kappa shape index (κ1) is 17.5. The zero-order valence-corrected chi connectivity index (χ0v) is 12.4. The van der Waals surface area contributed by atoms with Crippen molar-refractivity contribution in [1.29, 1.82) is 0 Å². The van der Waals surface area contributed by atoms with Gasteiger partial charge in [0.25, 0.3) is 0 Å². The zero-order valence-electron chi connectivity index (χ0n) is 12.4. The van der Waals surface area contributed by atoms with Crippen molar-refractivity contribution in [2.45, 2.75) is 32.4 Å². The molecule has 1 aromatic rings. The van der Waals surface area contributed by atoms with E-state index in [4.69, 9.17) is 4.74 Å². The minimum Gasteiger partial charge on any atom is -0.386 e. The highest BCUT2D eigenvalue weighted by molar-refractivity contribution is 5.78.